The van der Waals surface area contributed by atoms with Gasteiger partial charge in [-0.2, -0.15) is 5.10 Å². The molecule has 0 aliphatic carbocycles. The normalized spacial score (nSPS) is 20.5. The number of nitrogens with one attached hydrogen (secondary N) is 1. The average Bonchev–Trinajstić information content (AvgIpc) is 3.24. The number of aromatic nitrogens is 3. The van der Waals surface area contributed by atoms with Gasteiger partial charge in [0.05, 0.1) is 39.4 Å². The topological polar surface area (TPSA) is 80.1 Å². The summed E-state index contributed by atoms with van der Waals surface area (Å²) >= 11 is 12.2. The maximum Gasteiger partial charge on any atom is 0.247 e. The Kier molecular flexibility index (Phi) is 7.05. The quantitative estimate of drug-likeness (QED) is 0.401. The maximum absolute atomic E-state index is 14.8. The van der Waals surface area contributed by atoms with Crippen molar-refractivity contribution in [1.29, 1.82) is 0 Å². The van der Waals surface area contributed by atoms with Crippen molar-refractivity contribution in [3.8, 4) is 11.3 Å². The predicted octanol–water partition coefficient (Wildman–Crippen LogP) is 6.04. The number of rotatable bonds is 2. The van der Waals surface area contributed by atoms with Gasteiger partial charge in [0.2, 0.25) is 11.8 Å². The Hall–Kier alpha value is -3.23. The predicted molar refractivity (Wildman–Crippen MR) is 142 cm³/mol. The molecule has 4 heterocycles. The molecule has 10 heteroatoms. The molecule has 192 valence electrons. The van der Waals surface area contributed by atoms with E-state index >= 15 is 0 Å². The van der Waals surface area contributed by atoms with E-state index in [2.05, 4.69) is 15.4 Å². The Labute approximate surface area is 224 Å². The molecule has 0 spiro atoms. The molecule has 1 unspecified atom stereocenters. The van der Waals surface area contributed by atoms with E-state index in [1.807, 2.05) is 26.1 Å². The van der Waals surface area contributed by atoms with Crippen LogP contribution in [0.5, 0.6) is 0 Å². The molecular formula is C27H26Cl2FN5O2. The standard InChI is InChI=1S/C27H26Cl2FN5O2/c1-15-4-3-5-22(20-12-17(8-10-31-20)26-21(33-27(15)37)14-32-34(26)2)35-11-9-16(13-23(35)36)24-18(28)6-7-19(29)25(24)30/h6-8,10,12-15,22H,3-5,9,11H2,1-2H3,(H,33,37)/t15-,22?/m1/s1. The number of benzene rings is 1. The zero-order valence-corrected chi connectivity index (χ0v) is 22.0. The lowest BCUT2D eigenvalue weighted by Crippen LogP contribution is -2.38. The summed E-state index contributed by atoms with van der Waals surface area (Å²) in [6, 6.07) is 6.44. The van der Waals surface area contributed by atoms with Gasteiger partial charge in [-0.05, 0) is 49.1 Å². The SMILES string of the molecule is C[C@@H]1CCCC(N2CCC(c3c(Cl)ccc(Cl)c3F)=CC2=O)c2cc(ccn2)-c2c(cnn2C)NC1=O. The molecule has 0 fully saturated rings. The number of halogens is 3. The second kappa shape index (κ2) is 10.3. The van der Waals surface area contributed by atoms with Gasteiger partial charge in [0.15, 0.2) is 5.82 Å². The van der Waals surface area contributed by atoms with Crippen LogP contribution in [0.3, 0.4) is 0 Å². The molecule has 2 aliphatic heterocycles. The van der Waals surface area contributed by atoms with E-state index in [9.17, 15) is 14.0 Å². The molecule has 2 bridgehead atoms. The highest BCUT2D eigenvalue weighted by Gasteiger charge is 2.31. The molecule has 0 saturated heterocycles. The first-order valence-electron chi connectivity index (χ1n) is 12.2. The van der Waals surface area contributed by atoms with Crippen LogP contribution in [0.1, 0.15) is 49.9 Å². The van der Waals surface area contributed by atoms with Crippen molar-refractivity contribution in [3.05, 3.63) is 69.9 Å². The minimum Gasteiger partial charge on any atom is -0.330 e. The van der Waals surface area contributed by atoms with E-state index in [1.54, 1.807) is 22.0 Å². The zero-order valence-electron chi connectivity index (χ0n) is 20.5. The summed E-state index contributed by atoms with van der Waals surface area (Å²) in [5.74, 6) is -1.15. The highest BCUT2D eigenvalue weighted by Crippen LogP contribution is 2.38. The van der Waals surface area contributed by atoms with Crippen LogP contribution in [0.2, 0.25) is 10.0 Å². The van der Waals surface area contributed by atoms with Gasteiger partial charge in [0.1, 0.15) is 0 Å². The van der Waals surface area contributed by atoms with Crippen LogP contribution in [-0.4, -0.2) is 38.0 Å². The van der Waals surface area contributed by atoms with Crippen LogP contribution in [0, 0.1) is 11.7 Å². The number of pyridine rings is 1. The molecule has 2 atom stereocenters. The fourth-order valence-electron chi connectivity index (χ4n) is 5.10. The summed E-state index contributed by atoms with van der Waals surface area (Å²) in [7, 11) is 1.82. The third-order valence-corrected chi connectivity index (χ3v) is 7.71. The molecule has 37 heavy (non-hydrogen) atoms. The van der Waals surface area contributed by atoms with Crippen molar-refractivity contribution in [3.63, 3.8) is 0 Å². The summed E-state index contributed by atoms with van der Waals surface area (Å²) in [6.07, 6.45) is 7.23. The third kappa shape index (κ3) is 4.88. The fourth-order valence-corrected chi connectivity index (χ4v) is 5.53. The lowest BCUT2D eigenvalue weighted by Gasteiger charge is -2.34. The Balaban J connectivity index is 1.53. The van der Waals surface area contributed by atoms with E-state index in [0.29, 0.717) is 37.1 Å². The minimum absolute atomic E-state index is 0.0387. The molecular weight excluding hydrogens is 516 g/mol. The van der Waals surface area contributed by atoms with Crippen LogP contribution in [-0.2, 0) is 16.6 Å². The first-order valence-corrected chi connectivity index (χ1v) is 12.9. The summed E-state index contributed by atoms with van der Waals surface area (Å²) in [5.41, 5.74) is 3.68. The van der Waals surface area contributed by atoms with E-state index in [4.69, 9.17) is 23.2 Å². The number of fused-ring (bicyclic) bond motifs is 4. The summed E-state index contributed by atoms with van der Waals surface area (Å²) in [4.78, 5) is 32.7. The number of anilines is 1. The molecule has 0 saturated carbocycles. The first kappa shape index (κ1) is 25.4. The first-order chi connectivity index (χ1) is 17.7. The van der Waals surface area contributed by atoms with Gasteiger partial charge >= 0.3 is 0 Å². The summed E-state index contributed by atoms with van der Waals surface area (Å²) in [5, 5.41) is 7.52. The molecule has 2 aromatic heterocycles. The van der Waals surface area contributed by atoms with E-state index in [-0.39, 0.29) is 39.4 Å². The molecule has 7 nitrogen and oxygen atoms in total. The lowest BCUT2D eigenvalue weighted by molar-refractivity contribution is -0.129. The van der Waals surface area contributed by atoms with E-state index in [0.717, 1.165) is 23.4 Å². The van der Waals surface area contributed by atoms with E-state index in [1.165, 1.54) is 18.2 Å². The summed E-state index contributed by atoms with van der Waals surface area (Å²) < 4.78 is 16.5. The van der Waals surface area contributed by atoms with Crippen molar-refractivity contribution in [2.24, 2.45) is 13.0 Å². The van der Waals surface area contributed by atoms with Gasteiger partial charge < -0.3 is 10.2 Å². The number of carbonyl (C=O) groups excluding carboxylic acids is 2. The van der Waals surface area contributed by atoms with Crippen LogP contribution in [0.15, 0.2) is 42.7 Å². The number of amides is 2. The number of carbonyl (C=O) groups is 2. The van der Waals surface area contributed by atoms with Crippen molar-refractivity contribution < 1.29 is 14.0 Å². The van der Waals surface area contributed by atoms with Gasteiger partial charge in [-0.1, -0.05) is 36.5 Å². The highest BCUT2D eigenvalue weighted by molar-refractivity contribution is 6.34. The third-order valence-electron chi connectivity index (χ3n) is 7.10. The smallest absolute Gasteiger partial charge is 0.247 e. The van der Waals surface area contributed by atoms with Gasteiger partial charge in [-0.15, -0.1) is 0 Å². The highest BCUT2D eigenvalue weighted by atomic mass is 35.5. The summed E-state index contributed by atoms with van der Waals surface area (Å²) in [6.45, 7) is 2.27. The van der Waals surface area contributed by atoms with Crippen molar-refractivity contribution in [2.45, 2.75) is 38.6 Å². The number of aryl methyl sites for hydroxylation is 1. The monoisotopic (exact) mass is 541 g/mol. The molecule has 0 radical (unpaired) electrons. The molecule has 1 aromatic carbocycles. The second-order valence-electron chi connectivity index (χ2n) is 9.51. The van der Waals surface area contributed by atoms with Gasteiger partial charge in [0.25, 0.3) is 0 Å². The molecule has 2 amide bonds. The maximum atomic E-state index is 14.8. The van der Waals surface area contributed by atoms with Crippen LogP contribution in [0.4, 0.5) is 10.1 Å². The van der Waals surface area contributed by atoms with Crippen molar-refractivity contribution in [2.75, 3.05) is 11.9 Å². The van der Waals surface area contributed by atoms with Gasteiger partial charge in [-0.25, -0.2) is 4.39 Å². The van der Waals surface area contributed by atoms with Crippen LogP contribution in [0.25, 0.3) is 16.8 Å². The zero-order chi connectivity index (χ0) is 26.3. The van der Waals surface area contributed by atoms with Crippen LogP contribution >= 0.6 is 23.2 Å². The molecule has 3 aromatic rings. The Bertz CT molecular complexity index is 1420. The largest absolute Gasteiger partial charge is 0.330 e. The Morgan fingerprint density at radius 1 is 1.14 bits per heavy atom. The van der Waals surface area contributed by atoms with E-state index < -0.39 is 5.82 Å². The molecule has 2 aliphatic rings. The number of hydrogen-bond acceptors (Lipinski definition) is 4. The van der Waals surface area contributed by atoms with Gasteiger partial charge in [-0.3, -0.25) is 19.3 Å². The van der Waals surface area contributed by atoms with Crippen molar-refractivity contribution in [1.82, 2.24) is 19.7 Å². The number of hydrogen-bond donors (Lipinski definition) is 1. The fraction of sp³-hybridized carbons (Fsp3) is 0.333. The number of nitrogens with zero attached hydrogens (tertiary/aromatic N) is 4. The Morgan fingerprint density at radius 3 is 2.70 bits per heavy atom. The van der Waals surface area contributed by atoms with Crippen molar-refractivity contribution >= 4 is 46.3 Å². The van der Waals surface area contributed by atoms with Gasteiger partial charge in [0, 0.05) is 42.9 Å². The lowest BCUT2D eigenvalue weighted by atomic mass is 9.93. The second-order valence-corrected chi connectivity index (χ2v) is 10.3. The van der Waals surface area contributed by atoms with Crippen LogP contribution < -0.4 is 5.32 Å². The average molecular weight is 542 g/mol. The Morgan fingerprint density at radius 2 is 1.92 bits per heavy atom. The molecule has 5 rings (SSSR count). The molecule has 1 N–H and O–H groups in total. The minimum atomic E-state index is -0.624.